The lowest BCUT2D eigenvalue weighted by Gasteiger charge is -2.11. The minimum atomic E-state index is 0.278. The van der Waals surface area contributed by atoms with Crippen molar-refractivity contribution in [3.63, 3.8) is 0 Å². The van der Waals surface area contributed by atoms with Crippen LogP contribution in [0.15, 0.2) is 18.2 Å². The maximum Gasteiger partial charge on any atom is 0.188 e. The number of methoxy groups -OCH3 is 2. The lowest BCUT2D eigenvalue weighted by molar-refractivity contribution is 0.0504. The first-order valence-electron chi connectivity index (χ1n) is 4.66. The average Bonchev–Trinajstić information content (AvgIpc) is 2.27. The van der Waals surface area contributed by atoms with E-state index < -0.39 is 0 Å². The predicted octanol–water partition coefficient (Wildman–Crippen LogP) is 2.66. The van der Waals surface area contributed by atoms with Crippen molar-refractivity contribution in [2.24, 2.45) is 0 Å². The van der Waals surface area contributed by atoms with E-state index in [2.05, 4.69) is 22.6 Å². The summed E-state index contributed by atoms with van der Waals surface area (Å²) in [4.78, 5) is 0. The third kappa shape index (κ3) is 3.87. The molecule has 0 spiro atoms. The molecule has 0 N–H and O–H groups in total. The summed E-state index contributed by atoms with van der Waals surface area (Å²) in [6.07, 6.45) is 0.969. The molecule has 0 saturated carbocycles. The van der Waals surface area contributed by atoms with Crippen molar-refractivity contribution in [3.8, 4) is 11.5 Å². The number of halogens is 1. The van der Waals surface area contributed by atoms with Gasteiger partial charge in [0.2, 0.25) is 0 Å². The summed E-state index contributed by atoms with van der Waals surface area (Å²) < 4.78 is 16.6. The molecule has 15 heavy (non-hydrogen) atoms. The number of rotatable bonds is 6. The van der Waals surface area contributed by atoms with Crippen molar-refractivity contribution in [2.75, 3.05) is 25.4 Å². The van der Waals surface area contributed by atoms with Crippen molar-refractivity contribution in [3.05, 3.63) is 23.8 Å². The van der Waals surface area contributed by atoms with E-state index in [0.717, 1.165) is 27.9 Å². The molecule has 0 heterocycles. The molecule has 0 atom stereocenters. The summed E-state index contributed by atoms with van der Waals surface area (Å²) in [6.45, 7) is 0.278. The van der Waals surface area contributed by atoms with Gasteiger partial charge in [0.25, 0.3) is 0 Å². The second-order valence-electron chi connectivity index (χ2n) is 2.96. The van der Waals surface area contributed by atoms with Crippen LogP contribution in [0.1, 0.15) is 5.56 Å². The topological polar surface area (TPSA) is 27.7 Å². The highest BCUT2D eigenvalue weighted by Crippen LogP contribution is 2.25. The van der Waals surface area contributed by atoms with Crippen molar-refractivity contribution in [1.29, 1.82) is 0 Å². The molecule has 1 aromatic carbocycles. The SMILES string of the molecule is COCOc1ccc(OC)cc1CCI. The summed E-state index contributed by atoms with van der Waals surface area (Å²) in [6, 6.07) is 5.81. The molecule has 0 saturated heterocycles. The fraction of sp³-hybridized carbons (Fsp3) is 0.455. The molecule has 4 heteroatoms. The van der Waals surface area contributed by atoms with Crippen molar-refractivity contribution < 1.29 is 14.2 Å². The van der Waals surface area contributed by atoms with Crippen LogP contribution in [0.2, 0.25) is 0 Å². The third-order valence-corrected chi connectivity index (χ3v) is 2.50. The van der Waals surface area contributed by atoms with Crippen LogP contribution >= 0.6 is 22.6 Å². The van der Waals surface area contributed by atoms with Gasteiger partial charge in [0, 0.05) is 11.5 Å². The summed E-state index contributed by atoms with van der Waals surface area (Å²) in [7, 11) is 3.28. The number of aryl methyl sites for hydroxylation is 1. The lowest BCUT2D eigenvalue weighted by Crippen LogP contribution is -2.02. The van der Waals surface area contributed by atoms with Gasteiger partial charge in [0.05, 0.1) is 7.11 Å². The molecular formula is C11H15IO3. The molecule has 0 radical (unpaired) electrons. The highest BCUT2D eigenvalue weighted by atomic mass is 127. The zero-order chi connectivity index (χ0) is 11.1. The van der Waals surface area contributed by atoms with Crippen LogP contribution < -0.4 is 9.47 Å². The first-order valence-corrected chi connectivity index (χ1v) is 6.19. The molecule has 1 rings (SSSR count). The molecule has 0 aliphatic heterocycles. The minimum Gasteiger partial charge on any atom is -0.497 e. The van der Waals surface area contributed by atoms with Gasteiger partial charge in [-0.2, -0.15) is 0 Å². The van der Waals surface area contributed by atoms with Crippen LogP contribution in [-0.4, -0.2) is 25.4 Å². The molecular weight excluding hydrogens is 307 g/mol. The Kier molecular flexibility index (Phi) is 5.78. The highest BCUT2D eigenvalue weighted by molar-refractivity contribution is 14.1. The second-order valence-corrected chi connectivity index (χ2v) is 4.04. The van der Waals surface area contributed by atoms with E-state index >= 15 is 0 Å². The molecule has 0 amide bonds. The van der Waals surface area contributed by atoms with E-state index in [1.165, 1.54) is 0 Å². The van der Waals surface area contributed by atoms with Crippen LogP contribution in [0.3, 0.4) is 0 Å². The van der Waals surface area contributed by atoms with Crippen LogP contribution in [0.25, 0.3) is 0 Å². The Morgan fingerprint density at radius 1 is 1.27 bits per heavy atom. The molecule has 0 aliphatic rings. The molecule has 0 aromatic heterocycles. The Morgan fingerprint density at radius 3 is 2.67 bits per heavy atom. The van der Waals surface area contributed by atoms with Gasteiger partial charge in [-0.25, -0.2) is 0 Å². The normalized spacial score (nSPS) is 10.1. The number of hydrogen-bond acceptors (Lipinski definition) is 3. The van der Waals surface area contributed by atoms with Crippen LogP contribution in [0.4, 0.5) is 0 Å². The van der Waals surface area contributed by atoms with E-state index in [0.29, 0.717) is 0 Å². The highest BCUT2D eigenvalue weighted by Gasteiger charge is 2.05. The fourth-order valence-corrected chi connectivity index (χ4v) is 1.82. The summed E-state index contributed by atoms with van der Waals surface area (Å²) in [5.41, 5.74) is 1.15. The Morgan fingerprint density at radius 2 is 2.07 bits per heavy atom. The van der Waals surface area contributed by atoms with Crippen molar-refractivity contribution >= 4 is 22.6 Å². The van der Waals surface area contributed by atoms with Gasteiger partial charge in [-0.15, -0.1) is 0 Å². The van der Waals surface area contributed by atoms with Gasteiger partial charge >= 0.3 is 0 Å². The summed E-state index contributed by atoms with van der Waals surface area (Å²) >= 11 is 2.34. The number of ether oxygens (including phenoxy) is 3. The van der Waals surface area contributed by atoms with E-state index in [1.807, 2.05) is 18.2 Å². The van der Waals surface area contributed by atoms with Gasteiger partial charge < -0.3 is 14.2 Å². The van der Waals surface area contributed by atoms with E-state index in [-0.39, 0.29) is 6.79 Å². The number of hydrogen-bond donors (Lipinski definition) is 0. The second kappa shape index (κ2) is 6.90. The largest absolute Gasteiger partial charge is 0.497 e. The minimum absolute atomic E-state index is 0.278. The van der Waals surface area contributed by atoms with Crippen molar-refractivity contribution in [2.45, 2.75) is 6.42 Å². The van der Waals surface area contributed by atoms with Crippen LogP contribution in [0, 0.1) is 0 Å². The quantitative estimate of drug-likeness (QED) is 0.458. The summed E-state index contributed by atoms with van der Waals surface area (Å²) in [5.74, 6) is 1.73. The fourth-order valence-electron chi connectivity index (χ4n) is 1.24. The van der Waals surface area contributed by atoms with Gasteiger partial charge in [0.15, 0.2) is 6.79 Å². The first kappa shape index (κ1) is 12.6. The zero-order valence-corrected chi connectivity index (χ0v) is 11.1. The molecule has 3 nitrogen and oxygen atoms in total. The van der Waals surface area contributed by atoms with Gasteiger partial charge in [-0.05, 0) is 30.2 Å². The molecule has 0 aliphatic carbocycles. The average molecular weight is 322 g/mol. The number of alkyl halides is 1. The Labute approximate surface area is 104 Å². The first-order chi connectivity index (χ1) is 7.31. The molecule has 84 valence electrons. The third-order valence-electron chi connectivity index (χ3n) is 1.96. The number of benzene rings is 1. The van der Waals surface area contributed by atoms with Crippen LogP contribution in [0.5, 0.6) is 11.5 Å². The van der Waals surface area contributed by atoms with Gasteiger partial charge in [-0.3, -0.25) is 0 Å². The Bertz CT molecular complexity index is 302. The monoisotopic (exact) mass is 322 g/mol. The standard InChI is InChI=1S/C11H15IO3/c1-13-8-15-11-4-3-10(14-2)7-9(11)5-6-12/h3-4,7H,5-6,8H2,1-2H3. The maximum atomic E-state index is 5.46. The smallest absolute Gasteiger partial charge is 0.188 e. The summed E-state index contributed by atoms with van der Waals surface area (Å²) in [5, 5.41) is 0. The van der Waals surface area contributed by atoms with Crippen LogP contribution in [-0.2, 0) is 11.2 Å². The predicted molar refractivity (Wildman–Crippen MR) is 68.1 cm³/mol. The molecule has 1 aromatic rings. The van der Waals surface area contributed by atoms with E-state index in [9.17, 15) is 0 Å². The Balaban J connectivity index is 2.82. The van der Waals surface area contributed by atoms with Gasteiger partial charge in [0.1, 0.15) is 11.5 Å². The van der Waals surface area contributed by atoms with E-state index in [1.54, 1.807) is 14.2 Å². The Hall–Kier alpha value is -0.490. The van der Waals surface area contributed by atoms with Crippen molar-refractivity contribution in [1.82, 2.24) is 0 Å². The molecule has 0 bridgehead atoms. The molecule has 0 unspecified atom stereocenters. The maximum absolute atomic E-state index is 5.46. The molecule has 0 fully saturated rings. The van der Waals surface area contributed by atoms with E-state index in [4.69, 9.17) is 14.2 Å². The van der Waals surface area contributed by atoms with Gasteiger partial charge in [-0.1, -0.05) is 22.6 Å². The zero-order valence-electron chi connectivity index (χ0n) is 8.96. The lowest BCUT2D eigenvalue weighted by atomic mass is 10.1.